The molecule has 7 heteroatoms. The van der Waals surface area contributed by atoms with Crippen molar-refractivity contribution in [1.82, 2.24) is 15.0 Å². The number of aryl methyl sites for hydroxylation is 1. The standard InChI is InChI=1S/C26H29N5O2/c1-3-33-22-17-19(11-12-21(22)32-2)16-20-13-15-28-25-23(20)24(27)30-26(31-25)29-14-7-10-18-8-5-4-6-9-18/h4-6,8-9,11-13,15,17H,3,7,10,14,16H2,1-2H3,(H3,27,28,29,30,31). The van der Waals surface area contributed by atoms with Crippen molar-refractivity contribution in [2.75, 3.05) is 31.3 Å². The maximum atomic E-state index is 6.35. The van der Waals surface area contributed by atoms with Gasteiger partial charge in [-0.25, -0.2) is 4.98 Å². The first-order valence-electron chi connectivity index (χ1n) is 11.2. The highest BCUT2D eigenvalue weighted by atomic mass is 16.5. The third-order valence-corrected chi connectivity index (χ3v) is 5.40. The van der Waals surface area contributed by atoms with E-state index in [4.69, 9.17) is 15.2 Å². The minimum atomic E-state index is 0.423. The quantitative estimate of drug-likeness (QED) is 0.345. The summed E-state index contributed by atoms with van der Waals surface area (Å²) in [6.45, 7) is 3.28. The SMILES string of the molecule is CCOc1cc(Cc2ccnc3nc(NCCCc4ccccc4)nc(N)c23)ccc1OC. The number of rotatable bonds is 10. The fraction of sp³-hybridized carbons (Fsp3) is 0.269. The van der Waals surface area contributed by atoms with Crippen LogP contribution in [0.4, 0.5) is 11.8 Å². The summed E-state index contributed by atoms with van der Waals surface area (Å²) in [6, 6.07) is 18.3. The van der Waals surface area contributed by atoms with Gasteiger partial charge in [-0.2, -0.15) is 9.97 Å². The molecule has 0 atom stereocenters. The second kappa shape index (κ2) is 10.6. The molecule has 7 nitrogen and oxygen atoms in total. The summed E-state index contributed by atoms with van der Waals surface area (Å²) in [6.07, 6.45) is 4.38. The molecule has 0 saturated heterocycles. The van der Waals surface area contributed by atoms with Crippen LogP contribution in [0.25, 0.3) is 11.0 Å². The fourth-order valence-electron chi connectivity index (χ4n) is 3.83. The smallest absolute Gasteiger partial charge is 0.226 e. The first-order valence-corrected chi connectivity index (χ1v) is 11.2. The van der Waals surface area contributed by atoms with E-state index in [9.17, 15) is 0 Å². The van der Waals surface area contributed by atoms with Crippen LogP contribution in [-0.4, -0.2) is 35.2 Å². The number of methoxy groups -OCH3 is 1. The molecule has 0 bridgehead atoms. The van der Waals surface area contributed by atoms with E-state index >= 15 is 0 Å². The van der Waals surface area contributed by atoms with E-state index in [1.54, 1.807) is 13.3 Å². The lowest BCUT2D eigenvalue weighted by atomic mass is 10.0. The predicted molar refractivity (Wildman–Crippen MR) is 132 cm³/mol. The van der Waals surface area contributed by atoms with Crippen molar-refractivity contribution in [3.63, 3.8) is 0 Å². The molecular weight excluding hydrogens is 414 g/mol. The number of nitrogens with two attached hydrogens (primary N) is 1. The Labute approximate surface area is 194 Å². The van der Waals surface area contributed by atoms with Gasteiger partial charge < -0.3 is 20.5 Å². The van der Waals surface area contributed by atoms with E-state index in [-0.39, 0.29) is 0 Å². The summed E-state index contributed by atoms with van der Waals surface area (Å²) < 4.78 is 11.1. The van der Waals surface area contributed by atoms with E-state index in [1.165, 1.54) is 5.56 Å². The van der Waals surface area contributed by atoms with E-state index in [0.717, 1.165) is 41.6 Å². The van der Waals surface area contributed by atoms with Gasteiger partial charge in [-0.1, -0.05) is 36.4 Å². The molecule has 0 fully saturated rings. The second-order valence-corrected chi connectivity index (χ2v) is 7.71. The molecule has 2 aromatic carbocycles. The number of nitrogens with one attached hydrogen (secondary N) is 1. The highest BCUT2D eigenvalue weighted by molar-refractivity contribution is 5.89. The minimum absolute atomic E-state index is 0.423. The number of anilines is 2. The predicted octanol–water partition coefficient (Wildman–Crippen LogP) is 4.65. The lowest BCUT2D eigenvalue weighted by Gasteiger charge is -2.13. The summed E-state index contributed by atoms with van der Waals surface area (Å²) in [4.78, 5) is 13.5. The summed E-state index contributed by atoms with van der Waals surface area (Å²) in [7, 11) is 1.64. The normalized spacial score (nSPS) is 10.8. The Kier molecular flexibility index (Phi) is 7.19. The van der Waals surface area contributed by atoms with Gasteiger partial charge in [-0.05, 0) is 61.1 Å². The van der Waals surface area contributed by atoms with Crippen molar-refractivity contribution in [3.05, 3.63) is 77.5 Å². The van der Waals surface area contributed by atoms with Gasteiger partial charge in [0.25, 0.3) is 0 Å². The Morgan fingerprint density at radius 1 is 0.970 bits per heavy atom. The molecule has 4 rings (SSSR count). The van der Waals surface area contributed by atoms with Gasteiger partial charge in [0.1, 0.15) is 5.82 Å². The summed E-state index contributed by atoms with van der Waals surface area (Å²) in [5.74, 6) is 2.36. The van der Waals surface area contributed by atoms with Crippen LogP contribution in [0.2, 0.25) is 0 Å². The highest BCUT2D eigenvalue weighted by Gasteiger charge is 2.13. The lowest BCUT2D eigenvalue weighted by Crippen LogP contribution is -2.09. The highest BCUT2D eigenvalue weighted by Crippen LogP contribution is 2.30. The van der Waals surface area contributed by atoms with Gasteiger partial charge in [0.2, 0.25) is 5.95 Å². The van der Waals surface area contributed by atoms with Crippen LogP contribution in [-0.2, 0) is 12.8 Å². The summed E-state index contributed by atoms with van der Waals surface area (Å²) in [5, 5.41) is 4.06. The van der Waals surface area contributed by atoms with Crippen LogP contribution in [0.1, 0.15) is 30.0 Å². The first kappa shape index (κ1) is 22.3. The maximum absolute atomic E-state index is 6.35. The van der Waals surface area contributed by atoms with E-state index in [0.29, 0.717) is 36.2 Å². The van der Waals surface area contributed by atoms with Crippen LogP contribution in [0.3, 0.4) is 0 Å². The van der Waals surface area contributed by atoms with E-state index in [2.05, 4.69) is 44.5 Å². The number of ether oxygens (including phenoxy) is 2. The zero-order valence-electron chi connectivity index (χ0n) is 19.0. The Hall–Kier alpha value is -3.87. The van der Waals surface area contributed by atoms with Crippen molar-refractivity contribution in [3.8, 4) is 11.5 Å². The molecule has 2 heterocycles. The molecule has 0 saturated carbocycles. The van der Waals surface area contributed by atoms with Crippen molar-refractivity contribution in [2.24, 2.45) is 0 Å². The number of benzene rings is 2. The Morgan fingerprint density at radius 3 is 2.61 bits per heavy atom. The summed E-state index contributed by atoms with van der Waals surface area (Å²) in [5.41, 5.74) is 10.3. The van der Waals surface area contributed by atoms with Gasteiger partial charge in [-0.3, -0.25) is 0 Å². The number of hydrogen-bond acceptors (Lipinski definition) is 7. The van der Waals surface area contributed by atoms with Crippen molar-refractivity contribution >= 4 is 22.8 Å². The lowest BCUT2D eigenvalue weighted by molar-refractivity contribution is 0.310. The molecule has 3 N–H and O–H groups in total. The van der Waals surface area contributed by atoms with Gasteiger partial charge >= 0.3 is 0 Å². The van der Waals surface area contributed by atoms with E-state index in [1.807, 2.05) is 37.3 Å². The van der Waals surface area contributed by atoms with Crippen LogP contribution in [0.15, 0.2) is 60.8 Å². The Balaban J connectivity index is 1.49. The van der Waals surface area contributed by atoms with Gasteiger partial charge in [0, 0.05) is 12.7 Å². The van der Waals surface area contributed by atoms with E-state index < -0.39 is 0 Å². The molecule has 170 valence electrons. The average Bonchev–Trinajstić information content (AvgIpc) is 2.83. The number of fused-ring (bicyclic) bond motifs is 1. The molecule has 2 aromatic heterocycles. The second-order valence-electron chi connectivity index (χ2n) is 7.71. The zero-order chi connectivity index (χ0) is 23.0. The molecule has 0 aliphatic heterocycles. The van der Waals surface area contributed by atoms with Gasteiger partial charge in [-0.15, -0.1) is 0 Å². The fourth-order valence-corrected chi connectivity index (χ4v) is 3.83. The zero-order valence-corrected chi connectivity index (χ0v) is 19.0. The molecule has 0 radical (unpaired) electrons. The maximum Gasteiger partial charge on any atom is 0.226 e. The molecule has 0 unspecified atom stereocenters. The Morgan fingerprint density at radius 2 is 1.82 bits per heavy atom. The van der Waals surface area contributed by atoms with Gasteiger partial charge in [0.05, 0.1) is 19.1 Å². The third-order valence-electron chi connectivity index (χ3n) is 5.40. The van der Waals surface area contributed by atoms with Crippen molar-refractivity contribution in [1.29, 1.82) is 0 Å². The molecule has 0 spiro atoms. The number of hydrogen-bond donors (Lipinski definition) is 2. The molecule has 0 aliphatic rings. The molecule has 0 amide bonds. The molecular formula is C26H29N5O2. The van der Waals surface area contributed by atoms with Crippen molar-refractivity contribution < 1.29 is 9.47 Å². The monoisotopic (exact) mass is 443 g/mol. The Bertz CT molecular complexity index is 1210. The molecule has 33 heavy (non-hydrogen) atoms. The largest absolute Gasteiger partial charge is 0.493 e. The number of nitrogen functional groups attached to an aromatic ring is 1. The minimum Gasteiger partial charge on any atom is -0.493 e. The van der Waals surface area contributed by atoms with Crippen LogP contribution < -0.4 is 20.5 Å². The number of aromatic nitrogens is 3. The number of pyridine rings is 1. The topological polar surface area (TPSA) is 95.2 Å². The summed E-state index contributed by atoms with van der Waals surface area (Å²) >= 11 is 0. The van der Waals surface area contributed by atoms with Crippen LogP contribution >= 0.6 is 0 Å². The molecule has 4 aromatic rings. The first-order chi connectivity index (χ1) is 16.2. The van der Waals surface area contributed by atoms with Crippen LogP contribution in [0.5, 0.6) is 11.5 Å². The average molecular weight is 444 g/mol. The third kappa shape index (κ3) is 5.49. The van der Waals surface area contributed by atoms with Crippen molar-refractivity contribution in [2.45, 2.75) is 26.2 Å². The molecule has 0 aliphatic carbocycles. The van der Waals surface area contributed by atoms with Gasteiger partial charge in [0.15, 0.2) is 17.1 Å². The van der Waals surface area contributed by atoms with Crippen LogP contribution in [0, 0.1) is 0 Å². The number of nitrogens with zero attached hydrogens (tertiary/aromatic N) is 3.